The van der Waals surface area contributed by atoms with Gasteiger partial charge in [-0.2, -0.15) is 0 Å². The molecule has 0 aliphatic carbocycles. The van der Waals surface area contributed by atoms with Crippen molar-refractivity contribution in [3.8, 4) is 17.1 Å². The van der Waals surface area contributed by atoms with Crippen LogP contribution in [0.4, 0.5) is 10.1 Å². The first-order valence-electron chi connectivity index (χ1n) is 9.47. The van der Waals surface area contributed by atoms with Gasteiger partial charge in [0.15, 0.2) is 11.0 Å². The second-order valence-electron chi connectivity index (χ2n) is 6.78. The summed E-state index contributed by atoms with van der Waals surface area (Å²) in [5.41, 5.74) is 2.67. The fraction of sp³-hybridized carbons (Fsp3) is 0.0870. The first-order valence-corrected chi connectivity index (χ1v) is 10.8. The number of aryl methyl sites for hydroxylation is 1. The fourth-order valence-electron chi connectivity index (χ4n) is 2.96. The molecule has 5 nitrogen and oxygen atoms in total. The Morgan fingerprint density at radius 3 is 2.52 bits per heavy atom. The molecule has 1 aromatic heterocycles. The van der Waals surface area contributed by atoms with E-state index in [9.17, 15) is 9.18 Å². The van der Waals surface area contributed by atoms with Crippen LogP contribution in [0.1, 0.15) is 5.56 Å². The SMILES string of the molecule is Cc1ccc(NC(=O)CSc2nnc(-c3ccccc3)n2-c2ccc(Cl)cc2)cc1F. The van der Waals surface area contributed by atoms with Gasteiger partial charge in [-0.15, -0.1) is 10.2 Å². The zero-order valence-electron chi connectivity index (χ0n) is 16.5. The lowest BCUT2D eigenvalue weighted by Gasteiger charge is -2.11. The van der Waals surface area contributed by atoms with Crippen LogP contribution in [-0.4, -0.2) is 26.4 Å². The molecule has 8 heteroatoms. The van der Waals surface area contributed by atoms with Gasteiger partial charge in [0.25, 0.3) is 0 Å². The highest BCUT2D eigenvalue weighted by atomic mass is 35.5. The molecule has 0 aliphatic rings. The van der Waals surface area contributed by atoms with Gasteiger partial charge in [0.1, 0.15) is 5.82 Å². The Morgan fingerprint density at radius 1 is 1.06 bits per heavy atom. The number of amides is 1. The molecular weight excluding hydrogens is 435 g/mol. The molecule has 0 fully saturated rings. The highest BCUT2D eigenvalue weighted by Crippen LogP contribution is 2.28. The molecule has 0 atom stereocenters. The summed E-state index contributed by atoms with van der Waals surface area (Å²) in [7, 11) is 0. The van der Waals surface area contributed by atoms with E-state index in [4.69, 9.17) is 11.6 Å². The third kappa shape index (κ3) is 4.95. The molecule has 0 radical (unpaired) electrons. The van der Waals surface area contributed by atoms with E-state index in [2.05, 4.69) is 15.5 Å². The van der Waals surface area contributed by atoms with Gasteiger partial charge in [0, 0.05) is 22.0 Å². The maximum Gasteiger partial charge on any atom is 0.234 e. The number of halogens is 2. The van der Waals surface area contributed by atoms with Crippen LogP contribution < -0.4 is 5.32 Å². The number of nitrogens with one attached hydrogen (secondary N) is 1. The molecule has 31 heavy (non-hydrogen) atoms. The number of thioether (sulfide) groups is 1. The lowest BCUT2D eigenvalue weighted by Crippen LogP contribution is -2.14. The molecule has 4 rings (SSSR count). The molecule has 3 aromatic carbocycles. The summed E-state index contributed by atoms with van der Waals surface area (Å²) in [4.78, 5) is 12.4. The van der Waals surface area contributed by atoms with Gasteiger partial charge >= 0.3 is 0 Å². The Hall–Kier alpha value is -3.16. The Bertz CT molecular complexity index is 1210. The highest BCUT2D eigenvalue weighted by Gasteiger charge is 2.17. The van der Waals surface area contributed by atoms with E-state index in [0.29, 0.717) is 27.3 Å². The number of anilines is 1. The Balaban J connectivity index is 1.57. The second-order valence-corrected chi connectivity index (χ2v) is 8.16. The van der Waals surface area contributed by atoms with Crippen molar-refractivity contribution in [2.24, 2.45) is 0 Å². The molecule has 0 spiro atoms. The molecule has 1 heterocycles. The lowest BCUT2D eigenvalue weighted by molar-refractivity contribution is -0.113. The monoisotopic (exact) mass is 452 g/mol. The molecule has 0 aliphatic heterocycles. The van der Waals surface area contributed by atoms with Gasteiger partial charge in [-0.3, -0.25) is 9.36 Å². The quantitative estimate of drug-likeness (QED) is 0.377. The van der Waals surface area contributed by atoms with Crippen LogP contribution >= 0.6 is 23.4 Å². The number of hydrogen-bond donors (Lipinski definition) is 1. The first kappa shape index (κ1) is 21.1. The third-order valence-electron chi connectivity index (χ3n) is 4.54. The molecule has 0 bridgehead atoms. The Morgan fingerprint density at radius 2 is 1.81 bits per heavy atom. The van der Waals surface area contributed by atoms with Gasteiger partial charge < -0.3 is 5.32 Å². The van der Waals surface area contributed by atoms with Crippen molar-refractivity contribution in [1.29, 1.82) is 0 Å². The zero-order chi connectivity index (χ0) is 21.8. The molecule has 1 N–H and O–H groups in total. The van der Waals surface area contributed by atoms with Gasteiger partial charge in [-0.25, -0.2) is 4.39 Å². The summed E-state index contributed by atoms with van der Waals surface area (Å²) in [6.45, 7) is 1.67. The molecule has 0 unspecified atom stereocenters. The Kier molecular flexibility index (Phi) is 6.34. The summed E-state index contributed by atoms with van der Waals surface area (Å²) >= 11 is 7.29. The van der Waals surface area contributed by atoms with Crippen molar-refractivity contribution in [2.75, 3.05) is 11.1 Å². The predicted molar refractivity (Wildman–Crippen MR) is 122 cm³/mol. The summed E-state index contributed by atoms with van der Waals surface area (Å²) < 4.78 is 15.6. The van der Waals surface area contributed by atoms with E-state index >= 15 is 0 Å². The fourth-order valence-corrected chi connectivity index (χ4v) is 3.84. The number of benzene rings is 3. The summed E-state index contributed by atoms with van der Waals surface area (Å²) in [5.74, 6) is 0.128. The maximum absolute atomic E-state index is 13.7. The number of carbonyl (C=O) groups excluding carboxylic acids is 1. The molecule has 1 amide bonds. The largest absolute Gasteiger partial charge is 0.325 e. The minimum absolute atomic E-state index is 0.0933. The summed E-state index contributed by atoms with van der Waals surface area (Å²) in [5, 5.41) is 12.5. The highest BCUT2D eigenvalue weighted by molar-refractivity contribution is 7.99. The Labute approximate surface area is 188 Å². The number of aromatic nitrogens is 3. The second kappa shape index (κ2) is 9.32. The van der Waals surface area contributed by atoms with Crippen LogP contribution in [0, 0.1) is 12.7 Å². The van der Waals surface area contributed by atoms with Crippen LogP contribution in [0.5, 0.6) is 0 Å². The van der Waals surface area contributed by atoms with E-state index in [1.54, 1.807) is 31.2 Å². The minimum Gasteiger partial charge on any atom is -0.325 e. The third-order valence-corrected chi connectivity index (χ3v) is 5.72. The molecule has 4 aromatic rings. The topological polar surface area (TPSA) is 59.8 Å². The smallest absolute Gasteiger partial charge is 0.234 e. The van der Waals surface area contributed by atoms with Gasteiger partial charge in [-0.1, -0.05) is 59.8 Å². The predicted octanol–water partition coefficient (Wildman–Crippen LogP) is 5.77. The average Bonchev–Trinajstić information content (AvgIpc) is 3.20. The van der Waals surface area contributed by atoms with Crippen LogP contribution in [0.15, 0.2) is 78.0 Å². The first-order chi connectivity index (χ1) is 15.0. The van der Waals surface area contributed by atoms with Crippen molar-refractivity contribution in [2.45, 2.75) is 12.1 Å². The standard InChI is InChI=1S/C23H18ClFN4OS/c1-15-7-10-18(13-20(15)25)26-21(30)14-31-23-28-27-22(16-5-3-2-4-6-16)29(23)19-11-8-17(24)9-12-19/h2-13H,14H2,1H3,(H,26,30). The van der Waals surface area contributed by atoms with Gasteiger partial charge in [-0.05, 0) is 48.9 Å². The number of carbonyl (C=O) groups is 1. The van der Waals surface area contributed by atoms with Crippen LogP contribution in [-0.2, 0) is 4.79 Å². The van der Waals surface area contributed by atoms with Crippen molar-refractivity contribution < 1.29 is 9.18 Å². The van der Waals surface area contributed by atoms with E-state index in [1.807, 2.05) is 47.0 Å². The van der Waals surface area contributed by atoms with E-state index in [1.165, 1.54) is 17.8 Å². The lowest BCUT2D eigenvalue weighted by atomic mass is 10.2. The maximum atomic E-state index is 13.7. The minimum atomic E-state index is -0.361. The summed E-state index contributed by atoms with van der Waals surface area (Å²) in [6.07, 6.45) is 0. The average molecular weight is 453 g/mol. The summed E-state index contributed by atoms with van der Waals surface area (Å²) in [6, 6.07) is 21.6. The number of rotatable bonds is 6. The number of hydrogen-bond acceptors (Lipinski definition) is 4. The zero-order valence-corrected chi connectivity index (χ0v) is 18.1. The van der Waals surface area contributed by atoms with Gasteiger partial charge in [0.05, 0.1) is 5.75 Å². The number of nitrogens with zero attached hydrogens (tertiary/aromatic N) is 3. The van der Waals surface area contributed by atoms with Crippen LogP contribution in [0.25, 0.3) is 17.1 Å². The van der Waals surface area contributed by atoms with E-state index < -0.39 is 0 Å². The molecule has 0 saturated carbocycles. The van der Waals surface area contributed by atoms with Crippen molar-refractivity contribution in [1.82, 2.24) is 14.8 Å². The van der Waals surface area contributed by atoms with Gasteiger partial charge in [0.2, 0.25) is 5.91 Å². The normalized spacial score (nSPS) is 10.8. The van der Waals surface area contributed by atoms with Crippen molar-refractivity contribution in [3.05, 3.63) is 89.2 Å². The van der Waals surface area contributed by atoms with Crippen molar-refractivity contribution in [3.63, 3.8) is 0 Å². The molecular formula is C23H18ClFN4OS. The van der Waals surface area contributed by atoms with Crippen molar-refractivity contribution >= 4 is 35.0 Å². The van der Waals surface area contributed by atoms with Crippen LogP contribution in [0.2, 0.25) is 5.02 Å². The van der Waals surface area contributed by atoms with E-state index in [-0.39, 0.29) is 17.5 Å². The molecule has 156 valence electrons. The van der Waals surface area contributed by atoms with Crippen LogP contribution in [0.3, 0.4) is 0 Å². The van der Waals surface area contributed by atoms with E-state index in [0.717, 1.165) is 11.3 Å². The molecule has 0 saturated heterocycles.